The van der Waals surface area contributed by atoms with Crippen LogP contribution in [0.2, 0.25) is 0 Å². The maximum absolute atomic E-state index is 12.0. The first-order valence-corrected chi connectivity index (χ1v) is 7.90. The van der Waals surface area contributed by atoms with Crippen molar-refractivity contribution >= 4 is 11.9 Å². The number of esters is 1. The SMILES string of the molecule is COc1ccc(CNC(=O)COC(=O)[C@H]2C[C@H]3C=C[C@H]2C3)cc1. The van der Waals surface area contributed by atoms with Gasteiger partial charge in [0.2, 0.25) is 0 Å². The van der Waals surface area contributed by atoms with Crippen LogP contribution in [0.15, 0.2) is 36.4 Å². The predicted octanol–water partition coefficient (Wildman–Crippen LogP) is 2.07. The minimum absolute atomic E-state index is 0.0700. The summed E-state index contributed by atoms with van der Waals surface area (Å²) in [4.78, 5) is 23.8. The summed E-state index contributed by atoms with van der Waals surface area (Å²) in [6, 6.07) is 7.44. The molecule has 1 saturated carbocycles. The van der Waals surface area contributed by atoms with Crippen molar-refractivity contribution in [3.05, 3.63) is 42.0 Å². The van der Waals surface area contributed by atoms with Gasteiger partial charge in [0.05, 0.1) is 13.0 Å². The molecule has 1 aromatic carbocycles. The van der Waals surface area contributed by atoms with Crippen molar-refractivity contribution < 1.29 is 19.1 Å². The fourth-order valence-corrected chi connectivity index (χ4v) is 3.29. The lowest BCUT2D eigenvalue weighted by Crippen LogP contribution is -2.30. The van der Waals surface area contributed by atoms with Crippen LogP contribution in [-0.4, -0.2) is 25.6 Å². The number of carbonyl (C=O) groups excluding carboxylic acids is 2. The van der Waals surface area contributed by atoms with Crippen LogP contribution in [0.5, 0.6) is 5.75 Å². The van der Waals surface area contributed by atoms with E-state index in [9.17, 15) is 9.59 Å². The molecule has 0 aromatic heterocycles. The number of benzene rings is 1. The van der Waals surface area contributed by atoms with E-state index in [0.29, 0.717) is 18.4 Å². The number of amides is 1. The summed E-state index contributed by atoms with van der Waals surface area (Å²) < 4.78 is 10.2. The number of methoxy groups -OCH3 is 1. The second kappa shape index (κ2) is 6.86. The molecule has 23 heavy (non-hydrogen) atoms. The van der Waals surface area contributed by atoms with Gasteiger partial charge in [0.15, 0.2) is 6.61 Å². The van der Waals surface area contributed by atoms with Crippen LogP contribution in [0.3, 0.4) is 0 Å². The summed E-state index contributed by atoms with van der Waals surface area (Å²) in [5, 5.41) is 2.75. The number of fused-ring (bicyclic) bond motifs is 2. The maximum atomic E-state index is 12.0. The molecule has 0 saturated heterocycles. The number of rotatable bonds is 6. The molecular weight excluding hydrogens is 294 g/mol. The molecule has 0 spiro atoms. The molecule has 2 aliphatic rings. The van der Waals surface area contributed by atoms with Crippen LogP contribution in [0.25, 0.3) is 0 Å². The molecule has 1 amide bonds. The van der Waals surface area contributed by atoms with Crippen LogP contribution < -0.4 is 10.1 Å². The summed E-state index contributed by atoms with van der Waals surface area (Å²) in [5.41, 5.74) is 0.962. The second-order valence-corrected chi connectivity index (χ2v) is 6.12. The van der Waals surface area contributed by atoms with Crippen LogP contribution >= 0.6 is 0 Å². The zero-order valence-corrected chi connectivity index (χ0v) is 13.2. The van der Waals surface area contributed by atoms with Crippen molar-refractivity contribution in [1.29, 1.82) is 0 Å². The minimum Gasteiger partial charge on any atom is -0.497 e. The van der Waals surface area contributed by atoms with Gasteiger partial charge in [-0.15, -0.1) is 0 Å². The third-order valence-electron chi connectivity index (χ3n) is 4.58. The molecule has 0 radical (unpaired) electrons. The molecule has 122 valence electrons. The average Bonchev–Trinajstić information content (AvgIpc) is 3.21. The Kier molecular flexibility index (Phi) is 4.65. The first-order chi connectivity index (χ1) is 11.2. The van der Waals surface area contributed by atoms with E-state index in [1.807, 2.05) is 24.3 Å². The highest BCUT2D eigenvalue weighted by molar-refractivity contribution is 5.81. The first-order valence-electron chi connectivity index (χ1n) is 7.90. The van der Waals surface area contributed by atoms with E-state index in [1.165, 1.54) is 0 Å². The zero-order valence-electron chi connectivity index (χ0n) is 13.2. The normalized spacial score (nSPS) is 24.5. The van der Waals surface area contributed by atoms with Crippen LogP contribution in [0.4, 0.5) is 0 Å². The van der Waals surface area contributed by atoms with Gasteiger partial charge in [-0.2, -0.15) is 0 Å². The van der Waals surface area contributed by atoms with Crippen LogP contribution in [0, 0.1) is 17.8 Å². The summed E-state index contributed by atoms with van der Waals surface area (Å²) in [6.07, 6.45) is 6.18. The fraction of sp³-hybridized carbons (Fsp3) is 0.444. The van der Waals surface area contributed by atoms with Gasteiger partial charge in [0.25, 0.3) is 5.91 Å². The molecule has 2 aliphatic carbocycles. The highest BCUT2D eigenvalue weighted by Crippen LogP contribution is 2.43. The minimum atomic E-state index is -0.284. The fourth-order valence-electron chi connectivity index (χ4n) is 3.29. The lowest BCUT2D eigenvalue weighted by atomic mass is 9.94. The van der Waals surface area contributed by atoms with Gasteiger partial charge in [0, 0.05) is 6.54 Å². The topological polar surface area (TPSA) is 64.6 Å². The Morgan fingerprint density at radius 1 is 1.17 bits per heavy atom. The Labute approximate surface area is 135 Å². The zero-order chi connectivity index (χ0) is 16.2. The molecule has 3 atom stereocenters. The van der Waals surface area contributed by atoms with Crippen molar-refractivity contribution in [2.45, 2.75) is 19.4 Å². The monoisotopic (exact) mass is 315 g/mol. The number of ether oxygens (including phenoxy) is 2. The molecule has 1 aromatic rings. The molecule has 5 nitrogen and oxygen atoms in total. The highest BCUT2D eigenvalue weighted by atomic mass is 16.5. The van der Waals surface area contributed by atoms with Gasteiger partial charge in [-0.05, 0) is 42.4 Å². The summed E-state index contributed by atoms with van der Waals surface area (Å²) in [5.74, 6) is 0.985. The van der Waals surface area contributed by atoms with Gasteiger partial charge >= 0.3 is 5.97 Å². The van der Waals surface area contributed by atoms with E-state index in [4.69, 9.17) is 9.47 Å². The van der Waals surface area contributed by atoms with Gasteiger partial charge in [0.1, 0.15) is 5.75 Å². The Balaban J connectivity index is 1.39. The van der Waals surface area contributed by atoms with E-state index in [0.717, 1.165) is 24.2 Å². The number of hydrogen-bond acceptors (Lipinski definition) is 4. The smallest absolute Gasteiger partial charge is 0.310 e. The molecule has 3 rings (SSSR count). The largest absolute Gasteiger partial charge is 0.497 e. The lowest BCUT2D eigenvalue weighted by molar-refractivity contribution is -0.153. The second-order valence-electron chi connectivity index (χ2n) is 6.12. The van der Waals surface area contributed by atoms with Gasteiger partial charge in [-0.3, -0.25) is 9.59 Å². The van der Waals surface area contributed by atoms with Gasteiger partial charge in [-0.1, -0.05) is 24.3 Å². The van der Waals surface area contributed by atoms with Crippen molar-refractivity contribution in [3.63, 3.8) is 0 Å². The number of hydrogen-bond donors (Lipinski definition) is 1. The Morgan fingerprint density at radius 2 is 1.96 bits per heavy atom. The predicted molar refractivity (Wildman–Crippen MR) is 84.6 cm³/mol. The quantitative estimate of drug-likeness (QED) is 0.645. The summed E-state index contributed by atoms with van der Waals surface area (Å²) >= 11 is 0. The van der Waals surface area contributed by atoms with Gasteiger partial charge in [-0.25, -0.2) is 0 Å². The first kappa shape index (κ1) is 15.6. The van der Waals surface area contributed by atoms with E-state index < -0.39 is 0 Å². The Bertz CT molecular complexity index is 608. The molecule has 0 aliphatic heterocycles. The van der Waals surface area contributed by atoms with E-state index in [1.54, 1.807) is 7.11 Å². The van der Waals surface area contributed by atoms with E-state index in [-0.39, 0.29) is 24.4 Å². The number of carbonyl (C=O) groups is 2. The number of nitrogens with one attached hydrogen (secondary N) is 1. The van der Waals surface area contributed by atoms with Crippen molar-refractivity contribution in [2.75, 3.05) is 13.7 Å². The third-order valence-corrected chi connectivity index (χ3v) is 4.58. The molecule has 2 bridgehead atoms. The van der Waals surface area contributed by atoms with E-state index in [2.05, 4.69) is 17.5 Å². The van der Waals surface area contributed by atoms with Crippen LogP contribution in [0.1, 0.15) is 18.4 Å². The van der Waals surface area contributed by atoms with Crippen LogP contribution in [-0.2, 0) is 20.9 Å². The molecule has 0 unspecified atom stereocenters. The highest BCUT2D eigenvalue weighted by Gasteiger charge is 2.40. The number of allylic oxidation sites excluding steroid dienone is 2. The van der Waals surface area contributed by atoms with Crippen molar-refractivity contribution in [1.82, 2.24) is 5.32 Å². The van der Waals surface area contributed by atoms with Gasteiger partial charge < -0.3 is 14.8 Å². The Hall–Kier alpha value is -2.30. The maximum Gasteiger partial charge on any atom is 0.310 e. The molecule has 1 fully saturated rings. The van der Waals surface area contributed by atoms with Crippen molar-refractivity contribution in [2.24, 2.45) is 17.8 Å². The van der Waals surface area contributed by atoms with Crippen molar-refractivity contribution in [3.8, 4) is 5.75 Å². The summed E-state index contributed by atoms with van der Waals surface area (Å²) in [6.45, 7) is 0.184. The Morgan fingerprint density at radius 3 is 2.57 bits per heavy atom. The van der Waals surface area contributed by atoms with E-state index >= 15 is 0 Å². The molecule has 0 heterocycles. The molecule has 1 N–H and O–H groups in total. The lowest BCUT2D eigenvalue weighted by Gasteiger charge is -2.16. The summed E-state index contributed by atoms with van der Waals surface area (Å²) in [7, 11) is 1.61. The molecule has 5 heteroatoms. The standard InChI is InChI=1S/C18H21NO4/c1-22-15-6-3-12(4-7-15)10-19-17(20)11-23-18(21)16-9-13-2-5-14(16)8-13/h2-7,13-14,16H,8-11H2,1H3,(H,19,20)/t13-,14-,16-/m0/s1. The molecular formula is C18H21NO4. The third kappa shape index (κ3) is 3.73. The average molecular weight is 315 g/mol.